The predicted octanol–water partition coefficient (Wildman–Crippen LogP) is 2.68. The van der Waals surface area contributed by atoms with Gasteiger partial charge in [0.2, 0.25) is 11.7 Å². The molecule has 0 unspecified atom stereocenters. The highest BCUT2D eigenvalue weighted by Gasteiger charge is 2.49. The van der Waals surface area contributed by atoms with Crippen LogP contribution in [0.3, 0.4) is 0 Å². The second-order valence-corrected chi connectivity index (χ2v) is 6.72. The number of aromatic nitrogens is 1. The molecule has 1 aromatic heterocycles. The number of oxazole rings is 1. The quantitative estimate of drug-likeness (QED) is 0.296. The average Bonchev–Trinajstić information content (AvgIpc) is 3.09. The first kappa shape index (κ1) is 18.1. The summed E-state index contributed by atoms with van der Waals surface area (Å²) in [6.07, 6.45) is 0. The number of anilines is 1. The van der Waals surface area contributed by atoms with Crippen molar-refractivity contribution in [3.63, 3.8) is 0 Å². The van der Waals surface area contributed by atoms with Crippen LogP contribution in [0.4, 0.5) is 5.69 Å². The number of rotatable bonds is 2. The molecule has 1 atom stereocenters. The topological polar surface area (TPSA) is 119 Å². The van der Waals surface area contributed by atoms with Crippen LogP contribution in [-0.4, -0.2) is 28.3 Å². The van der Waals surface area contributed by atoms with Crippen molar-refractivity contribution in [1.82, 2.24) is 4.98 Å². The number of piperidine rings is 1. The summed E-state index contributed by atoms with van der Waals surface area (Å²) < 4.78 is 5.55. The summed E-state index contributed by atoms with van der Waals surface area (Å²) >= 11 is 11.9. The van der Waals surface area contributed by atoms with E-state index in [1.165, 1.54) is 18.2 Å². The van der Waals surface area contributed by atoms with E-state index in [1.807, 2.05) is 0 Å². The van der Waals surface area contributed by atoms with Crippen LogP contribution in [0.5, 0.6) is 0 Å². The van der Waals surface area contributed by atoms with Crippen molar-refractivity contribution >= 4 is 63.3 Å². The highest BCUT2D eigenvalue weighted by molar-refractivity contribution is 6.67. The first-order chi connectivity index (χ1) is 13.4. The van der Waals surface area contributed by atoms with Gasteiger partial charge in [0, 0.05) is 5.02 Å². The lowest BCUT2D eigenvalue weighted by Crippen LogP contribution is -2.55. The zero-order chi connectivity index (χ0) is 20.0. The fourth-order valence-electron chi connectivity index (χ4n) is 2.94. The summed E-state index contributed by atoms with van der Waals surface area (Å²) in [6.45, 7) is 0. The Labute approximate surface area is 167 Å². The van der Waals surface area contributed by atoms with Crippen molar-refractivity contribution < 1.29 is 18.8 Å². The Bertz CT molecular complexity index is 1150. The van der Waals surface area contributed by atoms with Crippen molar-refractivity contribution in [1.29, 1.82) is 0 Å². The maximum absolute atomic E-state index is 12.9. The number of hydrogen-bond acceptors (Lipinski definition) is 7. The molecule has 0 aliphatic carbocycles. The van der Waals surface area contributed by atoms with Crippen LogP contribution in [0.2, 0.25) is 10.0 Å². The van der Waals surface area contributed by atoms with Gasteiger partial charge in [-0.25, -0.2) is 9.88 Å². The largest absolute Gasteiger partial charge is 0.439 e. The number of fused-ring (bicyclic) bond motifs is 1. The molecule has 8 nitrogen and oxygen atoms in total. The Balaban J connectivity index is 1.82. The lowest BCUT2D eigenvalue weighted by atomic mass is 9.91. The van der Waals surface area contributed by atoms with E-state index in [2.05, 4.69) is 10.1 Å². The Kier molecular flexibility index (Phi) is 4.37. The molecular weight excluding hydrogens is 407 g/mol. The molecule has 140 valence electrons. The number of nitrogens with two attached hydrogens (primary N) is 1. The summed E-state index contributed by atoms with van der Waals surface area (Å²) in [4.78, 5) is 43.3. The molecule has 0 bridgehead atoms. The molecule has 0 spiro atoms. The molecule has 2 N–H and O–H groups in total. The third-order valence-corrected chi connectivity index (χ3v) is 4.76. The van der Waals surface area contributed by atoms with Crippen LogP contribution >= 0.6 is 23.2 Å². The Morgan fingerprint density at radius 1 is 1.07 bits per heavy atom. The van der Waals surface area contributed by atoms with E-state index in [0.29, 0.717) is 21.0 Å². The molecule has 28 heavy (non-hydrogen) atoms. The summed E-state index contributed by atoms with van der Waals surface area (Å²) in [5.41, 5.74) is 0.461. The third-order valence-electron chi connectivity index (χ3n) is 4.22. The molecule has 3 aromatic rings. The second kappa shape index (κ2) is 6.74. The number of imide groups is 1. The number of hydrogen-bond donors (Lipinski definition) is 1. The minimum atomic E-state index is -1.44. The van der Waals surface area contributed by atoms with Gasteiger partial charge in [0.1, 0.15) is 11.2 Å². The average molecular weight is 417 g/mol. The van der Waals surface area contributed by atoms with E-state index >= 15 is 0 Å². The first-order valence-electron chi connectivity index (χ1n) is 7.93. The second-order valence-electron chi connectivity index (χ2n) is 5.87. The van der Waals surface area contributed by atoms with Crippen molar-refractivity contribution in [2.75, 3.05) is 4.90 Å². The first-order valence-corrected chi connectivity index (χ1v) is 8.69. The lowest BCUT2D eigenvalue weighted by Gasteiger charge is -2.28. The van der Waals surface area contributed by atoms with E-state index in [4.69, 9.17) is 33.5 Å². The number of carbonyl (C=O) groups excluding carboxylic acids is 3. The van der Waals surface area contributed by atoms with Gasteiger partial charge >= 0.3 is 5.91 Å². The van der Waals surface area contributed by atoms with Crippen LogP contribution < -0.4 is 10.7 Å². The van der Waals surface area contributed by atoms with Crippen molar-refractivity contribution in [2.24, 2.45) is 10.9 Å². The SMILES string of the molecule is N/N=C1/C(=O)N(c2ccc(Cl)cc2Cl)C(=O)C(=O)[C@H]1c1nc2ccccc2o1. The van der Waals surface area contributed by atoms with Gasteiger partial charge in [0.05, 0.1) is 10.7 Å². The molecular formula is C18H10Cl2N4O4. The smallest absolute Gasteiger partial charge is 0.302 e. The number of benzene rings is 2. The number of carbonyl (C=O) groups is 3. The van der Waals surface area contributed by atoms with Crippen molar-refractivity contribution in [3.05, 3.63) is 58.4 Å². The van der Waals surface area contributed by atoms with Crippen LogP contribution in [0.15, 0.2) is 52.0 Å². The molecule has 2 heterocycles. The fourth-order valence-corrected chi connectivity index (χ4v) is 3.43. The number of para-hydroxylation sites is 2. The third kappa shape index (κ3) is 2.74. The van der Waals surface area contributed by atoms with E-state index in [9.17, 15) is 14.4 Å². The standard InChI is InChI=1S/C18H10Cl2N4O4/c19-8-5-6-11(9(20)7-8)24-17(26)14(23-21)13(15(25)18(24)27)16-22-10-3-1-2-4-12(10)28-16/h1-7,13H,21H2/b23-14+/t13-/m0/s1. The minimum Gasteiger partial charge on any atom is -0.439 e. The number of hydrazone groups is 1. The summed E-state index contributed by atoms with van der Waals surface area (Å²) in [7, 11) is 0. The number of amides is 2. The molecule has 10 heteroatoms. The fraction of sp³-hybridized carbons (Fsp3) is 0.0556. The Morgan fingerprint density at radius 2 is 1.82 bits per heavy atom. The van der Waals surface area contributed by atoms with Gasteiger partial charge in [-0.3, -0.25) is 14.4 Å². The van der Waals surface area contributed by atoms with Crippen LogP contribution in [0.1, 0.15) is 11.8 Å². The zero-order valence-electron chi connectivity index (χ0n) is 13.9. The molecule has 1 aliphatic heterocycles. The summed E-state index contributed by atoms with van der Waals surface area (Å²) in [5.74, 6) is 0.821. The highest BCUT2D eigenvalue weighted by Crippen LogP contribution is 2.34. The lowest BCUT2D eigenvalue weighted by molar-refractivity contribution is -0.139. The molecule has 0 saturated carbocycles. The van der Waals surface area contributed by atoms with Crippen molar-refractivity contribution in [2.45, 2.75) is 5.92 Å². The number of nitrogens with zero attached hydrogens (tertiary/aromatic N) is 3. The van der Waals surface area contributed by atoms with Gasteiger partial charge in [-0.1, -0.05) is 35.3 Å². The highest BCUT2D eigenvalue weighted by atomic mass is 35.5. The Hall–Kier alpha value is -3.23. The molecule has 1 saturated heterocycles. The van der Waals surface area contributed by atoms with E-state index in [-0.39, 0.29) is 22.3 Å². The predicted molar refractivity (Wildman–Crippen MR) is 102 cm³/mol. The molecule has 4 rings (SSSR count). The van der Waals surface area contributed by atoms with Crippen LogP contribution in [0.25, 0.3) is 11.1 Å². The monoisotopic (exact) mass is 416 g/mol. The van der Waals surface area contributed by atoms with E-state index in [1.54, 1.807) is 24.3 Å². The van der Waals surface area contributed by atoms with Crippen LogP contribution in [-0.2, 0) is 14.4 Å². The molecule has 2 aromatic carbocycles. The van der Waals surface area contributed by atoms with Gasteiger partial charge < -0.3 is 10.3 Å². The van der Waals surface area contributed by atoms with E-state index < -0.39 is 23.5 Å². The molecule has 2 amide bonds. The minimum absolute atomic E-state index is 0.00779. The van der Waals surface area contributed by atoms with Crippen molar-refractivity contribution in [3.8, 4) is 0 Å². The van der Waals surface area contributed by atoms with Gasteiger partial charge in [-0.15, -0.1) is 0 Å². The molecule has 1 fully saturated rings. The summed E-state index contributed by atoms with van der Waals surface area (Å²) in [6, 6.07) is 10.9. The van der Waals surface area contributed by atoms with Gasteiger partial charge in [-0.05, 0) is 30.3 Å². The Morgan fingerprint density at radius 3 is 2.50 bits per heavy atom. The van der Waals surface area contributed by atoms with Gasteiger partial charge in [0.15, 0.2) is 11.5 Å². The molecule has 0 radical (unpaired) electrons. The number of Topliss-reactive ketones (excluding diaryl/α,β-unsaturated/α-hetero) is 1. The van der Waals surface area contributed by atoms with Gasteiger partial charge in [0.25, 0.3) is 5.91 Å². The normalized spacial score (nSPS) is 19.1. The summed E-state index contributed by atoms with van der Waals surface area (Å²) in [5, 5.41) is 3.76. The number of ketones is 1. The maximum atomic E-state index is 12.9. The zero-order valence-corrected chi connectivity index (χ0v) is 15.4. The number of halogens is 2. The van der Waals surface area contributed by atoms with Crippen LogP contribution in [0, 0.1) is 0 Å². The van der Waals surface area contributed by atoms with E-state index in [0.717, 1.165) is 0 Å². The maximum Gasteiger partial charge on any atom is 0.302 e. The molecule has 1 aliphatic rings. The van der Waals surface area contributed by atoms with Gasteiger partial charge in [-0.2, -0.15) is 5.10 Å².